The molecule has 0 saturated heterocycles. The molecule has 0 bridgehead atoms. The fourth-order valence-electron chi connectivity index (χ4n) is 1.93. The van der Waals surface area contributed by atoms with Gasteiger partial charge in [-0.2, -0.15) is 0 Å². The molecule has 0 amide bonds. The van der Waals surface area contributed by atoms with Gasteiger partial charge in [0.25, 0.3) is 0 Å². The molecule has 0 radical (unpaired) electrons. The Balaban J connectivity index is 2.59. The molecule has 1 aromatic heterocycles. The first-order valence-electron chi connectivity index (χ1n) is 6.01. The first-order valence-corrected chi connectivity index (χ1v) is 6.39. The number of rotatable bonds is 4. The van der Waals surface area contributed by atoms with Gasteiger partial charge in [0, 0.05) is 11.6 Å². The van der Waals surface area contributed by atoms with Crippen LogP contribution in [0.5, 0.6) is 5.75 Å². The Morgan fingerprint density at radius 3 is 2.60 bits per heavy atom. The van der Waals surface area contributed by atoms with E-state index in [1.54, 1.807) is 13.2 Å². The first kappa shape index (κ1) is 14.4. The number of halogens is 1. The monoisotopic (exact) mass is 295 g/mol. The summed E-state index contributed by atoms with van der Waals surface area (Å²) in [6.07, 6.45) is 0. The summed E-state index contributed by atoms with van der Waals surface area (Å²) < 4.78 is 9.99. The number of carboxylic acid groups (broad SMARTS) is 1. The molecule has 106 valence electrons. The minimum atomic E-state index is -1.16. The summed E-state index contributed by atoms with van der Waals surface area (Å²) in [6.45, 7) is 4.04. The molecule has 2 rings (SSSR count). The molecule has 0 unspecified atom stereocenters. The smallest absolute Gasteiger partial charge is 0.374 e. The summed E-state index contributed by atoms with van der Waals surface area (Å²) >= 11 is 6.13. The second-order valence-corrected chi connectivity index (χ2v) is 5.02. The fraction of sp³-hybridized carbons (Fsp3) is 0.286. The van der Waals surface area contributed by atoms with Crippen molar-refractivity contribution in [1.29, 1.82) is 0 Å². The zero-order valence-corrected chi connectivity index (χ0v) is 12.1. The molecule has 0 fully saturated rings. The van der Waals surface area contributed by atoms with E-state index in [0.717, 1.165) is 11.1 Å². The van der Waals surface area contributed by atoms with Gasteiger partial charge in [-0.1, -0.05) is 30.6 Å². The molecule has 1 aromatic carbocycles. The molecular formula is C14H14ClNO4. The lowest BCUT2D eigenvalue weighted by Gasteiger charge is -2.14. The topological polar surface area (TPSA) is 72.6 Å². The summed E-state index contributed by atoms with van der Waals surface area (Å²) in [6, 6.07) is 4.92. The van der Waals surface area contributed by atoms with Crippen LogP contribution in [0.2, 0.25) is 5.02 Å². The lowest BCUT2D eigenvalue weighted by atomic mass is 9.95. The Morgan fingerprint density at radius 2 is 2.10 bits per heavy atom. The summed E-state index contributed by atoms with van der Waals surface area (Å²) in [4.78, 5) is 10.9. The third-order valence-corrected chi connectivity index (χ3v) is 3.24. The quantitative estimate of drug-likeness (QED) is 0.928. The Bertz CT molecular complexity index is 649. The van der Waals surface area contributed by atoms with Gasteiger partial charge in [-0.25, -0.2) is 4.79 Å². The average molecular weight is 296 g/mol. The standard InChI is InChI=1S/C14H14ClNO4/c1-7(2)8-5-12(19-3)10(15)4-9(8)11-6-13(14(17)18)20-16-11/h4-7H,1-3H3,(H,17,18). The highest BCUT2D eigenvalue weighted by molar-refractivity contribution is 6.32. The van der Waals surface area contributed by atoms with Crippen molar-refractivity contribution >= 4 is 17.6 Å². The van der Waals surface area contributed by atoms with Gasteiger partial charge in [-0.3, -0.25) is 0 Å². The molecule has 0 aliphatic heterocycles. The van der Waals surface area contributed by atoms with Gasteiger partial charge < -0.3 is 14.4 Å². The Kier molecular flexibility index (Phi) is 3.99. The van der Waals surface area contributed by atoms with Gasteiger partial charge in [0.05, 0.1) is 12.1 Å². The van der Waals surface area contributed by atoms with Crippen LogP contribution in [0, 0.1) is 0 Å². The number of carboxylic acids is 1. The van der Waals surface area contributed by atoms with E-state index in [9.17, 15) is 4.79 Å². The van der Waals surface area contributed by atoms with Crippen LogP contribution >= 0.6 is 11.6 Å². The van der Waals surface area contributed by atoms with Crippen molar-refractivity contribution in [1.82, 2.24) is 5.16 Å². The maximum Gasteiger partial charge on any atom is 0.374 e. The van der Waals surface area contributed by atoms with Gasteiger partial charge >= 0.3 is 5.97 Å². The number of methoxy groups -OCH3 is 1. The fourth-order valence-corrected chi connectivity index (χ4v) is 2.17. The highest BCUT2D eigenvalue weighted by atomic mass is 35.5. The van der Waals surface area contributed by atoms with Gasteiger partial charge in [-0.05, 0) is 23.6 Å². The molecule has 1 heterocycles. The number of carbonyl (C=O) groups is 1. The van der Waals surface area contributed by atoms with E-state index in [4.69, 9.17) is 26.0 Å². The van der Waals surface area contributed by atoms with Crippen molar-refractivity contribution in [2.24, 2.45) is 0 Å². The largest absolute Gasteiger partial charge is 0.495 e. The minimum absolute atomic E-state index is 0.196. The second kappa shape index (κ2) is 5.54. The molecule has 5 nitrogen and oxygen atoms in total. The summed E-state index contributed by atoms with van der Waals surface area (Å²) in [7, 11) is 1.55. The Morgan fingerprint density at radius 1 is 1.40 bits per heavy atom. The predicted molar refractivity (Wildman–Crippen MR) is 74.5 cm³/mol. The van der Waals surface area contributed by atoms with E-state index in [2.05, 4.69) is 5.16 Å². The lowest BCUT2D eigenvalue weighted by Crippen LogP contribution is -1.96. The van der Waals surface area contributed by atoms with E-state index in [1.807, 2.05) is 19.9 Å². The molecule has 2 aromatic rings. The Hall–Kier alpha value is -2.01. The molecule has 6 heteroatoms. The SMILES string of the molecule is COc1cc(C(C)C)c(-c2cc(C(=O)O)on2)cc1Cl. The van der Waals surface area contributed by atoms with Crippen molar-refractivity contribution in [2.45, 2.75) is 19.8 Å². The molecule has 0 saturated carbocycles. The zero-order valence-electron chi connectivity index (χ0n) is 11.3. The third-order valence-electron chi connectivity index (χ3n) is 2.94. The summed E-state index contributed by atoms with van der Waals surface area (Å²) in [5, 5.41) is 13.1. The van der Waals surface area contributed by atoms with Crippen LogP contribution in [0.4, 0.5) is 0 Å². The number of aromatic nitrogens is 1. The van der Waals surface area contributed by atoms with Gasteiger partial charge in [0.2, 0.25) is 5.76 Å². The molecule has 1 N–H and O–H groups in total. The van der Waals surface area contributed by atoms with Crippen molar-refractivity contribution in [3.8, 4) is 17.0 Å². The van der Waals surface area contributed by atoms with Crippen LogP contribution in [0.3, 0.4) is 0 Å². The van der Waals surface area contributed by atoms with E-state index < -0.39 is 5.97 Å². The molecule has 0 atom stereocenters. The molecule has 20 heavy (non-hydrogen) atoms. The van der Waals surface area contributed by atoms with E-state index in [-0.39, 0.29) is 11.7 Å². The first-order chi connectivity index (χ1) is 9.43. The number of hydrogen-bond acceptors (Lipinski definition) is 4. The number of aromatic carboxylic acids is 1. The van der Waals surface area contributed by atoms with E-state index in [0.29, 0.717) is 16.5 Å². The summed E-state index contributed by atoms with van der Waals surface area (Å²) in [5.74, 6) is -0.599. The van der Waals surface area contributed by atoms with E-state index >= 15 is 0 Å². The minimum Gasteiger partial charge on any atom is -0.495 e. The number of nitrogens with zero attached hydrogens (tertiary/aromatic N) is 1. The average Bonchev–Trinajstić information content (AvgIpc) is 2.87. The van der Waals surface area contributed by atoms with Crippen LogP contribution in [0.1, 0.15) is 35.9 Å². The Labute approximate surface area is 121 Å². The van der Waals surface area contributed by atoms with Crippen LogP contribution < -0.4 is 4.74 Å². The van der Waals surface area contributed by atoms with Gasteiger partial charge in [0.1, 0.15) is 11.4 Å². The molecule has 0 aliphatic carbocycles. The molecule has 0 aliphatic rings. The number of ether oxygens (including phenoxy) is 1. The molecular weight excluding hydrogens is 282 g/mol. The van der Waals surface area contributed by atoms with Crippen molar-refractivity contribution in [3.05, 3.63) is 34.5 Å². The number of benzene rings is 1. The molecule has 0 spiro atoms. The van der Waals surface area contributed by atoms with Crippen molar-refractivity contribution < 1.29 is 19.2 Å². The normalized spacial score (nSPS) is 10.8. The van der Waals surface area contributed by atoms with Gasteiger partial charge in [0.15, 0.2) is 0 Å². The van der Waals surface area contributed by atoms with E-state index in [1.165, 1.54) is 6.07 Å². The highest BCUT2D eigenvalue weighted by Crippen LogP contribution is 2.37. The summed E-state index contributed by atoms with van der Waals surface area (Å²) in [5.41, 5.74) is 2.13. The van der Waals surface area contributed by atoms with Crippen LogP contribution in [0.15, 0.2) is 22.7 Å². The van der Waals surface area contributed by atoms with Crippen molar-refractivity contribution in [2.75, 3.05) is 7.11 Å². The lowest BCUT2D eigenvalue weighted by molar-refractivity contribution is 0.0652. The van der Waals surface area contributed by atoms with Gasteiger partial charge in [-0.15, -0.1) is 0 Å². The zero-order chi connectivity index (χ0) is 14.9. The number of hydrogen-bond donors (Lipinski definition) is 1. The third kappa shape index (κ3) is 2.63. The van der Waals surface area contributed by atoms with Crippen LogP contribution in [-0.2, 0) is 0 Å². The van der Waals surface area contributed by atoms with Crippen LogP contribution in [-0.4, -0.2) is 23.3 Å². The van der Waals surface area contributed by atoms with Crippen molar-refractivity contribution in [3.63, 3.8) is 0 Å². The highest BCUT2D eigenvalue weighted by Gasteiger charge is 2.18. The maximum absolute atomic E-state index is 10.9. The predicted octanol–water partition coefficient (Wildman–Crippen LogP) is 3.83. The van der Waals surface area contributed by atoms with Crippen LogP contribution in [0.25, 0.3) is 11.3 Å². The second-order valence-electron chi connectivity index (χ2n) is 4.61. The maximum atomic E-state index is 10.9.